The summed E-state index contributed by atoms with van der Waals surface area (Å²) in [6, 6.07) is 10.2. The Kier molecular flexibility index (Phi) is 3.33. The number of aliphatic imine (C=N–C) groups is 1. The first-order valence-electron chi connectivity index (χ1n) is 3.99. The summed E-state index contributed by atoms with van der Waals surface area (Å²) < 4.78 is 0. The van der Waals surface area contributed by atoms with Crippen LogP contribution in [0, 0.1) is 0 Å². The first kappa shape index (κ1) is 8.78. The van der Waals surface area contributed by atoms with E-state index in [0.29, 0.717) is 0 Å². The molecule has 0 amide bonds. The normalized spacial score (nSPS) is 10.5. The van der Waals surface area contributed by atoms with E-state index in [1.54, 1.807) is 0 Å². The summed E-state index contributed by atoms with van der Waals surface area (Å²) in [4.78, 5) is 6.18. The average Bonchev–Trinajstić information content (AvgIpc) is 2.05. The van der Waals surface area contributed by atoms with E-state index in [0.717, 1.165) is 6.54 Å². The molecule has 0 spiro atoms. The second-order valence-electron chi connectivity index (χ2n) is 2.91. The van der Waals surface area contributed by atoms with Gasteiger partial charge in [-0.05, 0) is 5.56 Å². The second kappa shape index (κ2) is 4.54. The van der Waals surface area contributed by atoms with Crippen LogP contribution in [0.4, 0.5) is 0 Å². The van der Waals surface area contributed by atoms with Crippen molar-refractivity contribution in [3.63, 3.8) is 0 Å². The molecule has 1 aromatic carbocycles. The van der Waals surface area contributed by atoms with Gasteiger partial charge in [-0.2, -0.15) is 0 Å². The fraction of sp³-hybridized carbons (Fsp3) is 0.300. The molecule has 0 aliphatic rings. The quantitative estimate of drug-likeness (QED) is 0.488. The van der Waals surface area contributed by atoms with Gasteiger partial charge < -0.3 is 4.90 Å². The molecule has 2 heteroatoms. The molecule has 0 aliphatic carbocycles. The van der Waals surface area contributed by atoms with Crippen molar-refractivity contribution in [2.24, 2.45) is 4.99 Å². The number of benzene rings is 1. The maximum absolute atomic E-state index is 4.24. The SMILES string of the molecule is CN(C)C=NCc1ccccc1. The molecular weight excluding hydrogens is 148 g/mol. The van der Waals surface area contributed by atoms with Gasteiger partial charge in [-0.1, -0.05) is 30.3 Å². The largest absolute Gasteiger partial charge is 0.369 e. The third-order valence-corrected chi connectivity index (χ3v) is 1.43. The molecule has 1 rings (SSSR count). The zero-order valence-corrected chi connectivity index (χ0v) is 7.57. The predicted molar refractivity (Wildman–Crippen MR) is 52.3 cm³/mol. The molecule has 12 heavy (non-hydrogen) atoms. The Hall–Kier alpha value is -1.31. The summed E-state index contributed by atoms with van der Waals surface area (Å²) in [5.74, 6) is 0. The number of hydrogen-bond donors (Lipinski definition) is 0. The van der Waals surface area contributed by atoms with Gasteiger partial charge in [0.15, 0.2) is 0 Å². The summed E-state index contributed by atoms with van der Waals surface area (Å²) in [5, 5.41) is 0. The van der Waals surface area contributed by atoms with Gasteiger partial charge in [-0.25, -0.2) is 0 Å². The lowest BCUT2D eigenvalue weighted by Crippen LogP contribution is -2.07. The lowest BCUT2D eigenvalue weighted by molar-refractivity contribution is 0.638. The number of rotatable bonds is 3. The standard InChI is InChI=1S/C10H14N2/c1-12(2)9-11-8-10-6-4-3-5-7-10/h3-7,9H,8H2,1-2H3. The Bertz CT molecular complexity index is 239. The summed E-state index contributed by atoms with van der Waals surface area (Å²) >= 11 is 0. The van der Waals surface area contributed by atoms with Crippen LogP contribution in [0.3, 0.4) is 0 Å². The predicted octanol–water partition coefficient (Wildman–Crippen LogP) is 1.78. The third kappa shape index (κ3) is 3.19. The molecule has 0 saturated heterocycles. The van der Waals surface area contributed by atoms with Crippen molar-refractivity contribution < 1.29 is 0 Å². The van der Waals surface area contributed by atoms with Crippen LogP contribution >= 0.6 is 0 Å². The van der Waals surface area contributed by atoms with Gasteiger partial charge in [0.25, 0.3) is 0 Å². The molecule has 0 fully saturated rings. The molecule has 2 nitrogen and oxygen atoms in total. The van der Waals surface area contributed by atoms with Crippen LogP contribution in [0.2, 0.25) is 0 Å². The molecule has 1 aromatic rings. The summed E-state index contributed by atoms with van der Waals surface area (Å²) in [7, 11) is 3.93. The number of hydrogen-bond acceptors (Lipinski definition) is 1. The summed E-state index contributed by atoms with van der Waals surface area (Å²) in [5.41, 5.74) is 1.25. The van der Waals surface area contributed by atoms with Crippen LogP contribution in [-0.2, 0) is 6.54 Å². The monoisotopic (exact) mass is 162 g/mol. The van der Waals surface area contributed by atoms with Crippen molar-refractivity contribution in [2.45, 2.75) is 6.54 Å². The van der Waals surface area contributed by atoms with Crippen molar-refractivity contribution in [1.29, 1.82) is 0 Å². The fourth-order valence-corrected chi connectivity index (χ4v) is 0.893. The minimum absolute atomic E-state index is 0.763. The van der Waals surface area contributed by atoms with Gasteiger partial charge in [0, 0.05) is 14.1 Å². The van der Waals surface area contributed by atoms with E-state index >= 15 is 0 Å². The molecule has 0 unspecified atom stereocenters. The zero-order chi connectivity index (χ0) is 8.81. The van der Waals surface area contributed by atoms with Crippen LogP contribution in [0.1, 0.15) is 5.56 Å². The van der Waals surface area contributed by atoms with E-state index in [-0.39, 0.29) is 0 Å². The van der Waals surface area contributed by atoms with E-state index < -0.39 is 0 Å². The lowest BCUT2D eigenvalue weighted by Gasteiger charge is -2.01. The maximum atomic E-state index is 4.24. The Balaban J connectivity index is 2.43. The van der Waals surface area contributed by atoms with Crippen molar-refractivity contribution in [3.8, 4) is 0 Å². The molecule has 0 aromatic heterocycles. The molecule has 0 saturated carbocycles. The van der Waals surface area contributed by atoms with Crippen LogP contribution < -0.4 is 0 Å². The average molecular weight is 162 g/mol. The van der Waals surface area contributed by atoms with E-state index in [1.807, 2.05) is 43.5 Å². The molecule has 0 bridgehead atoms. The summed E-state index contributed by atoms with van der Waals surface area (Å²) in [6.45, 7) is 0.763. The van der Waals surface area contributed by atoms with Crippen molar-refractivity contribution in [2.75, 3.05) is 14.1 Å². The molecule has 0 atom stereocenters. The highest BCUT2D eigenvalue weighted by Gasteiger charge is 1.85. The smallest absolute Gasteiger partial charge is 0.0848 e. The van der Waals surface area contributed by atoms with Crippen LogP contribution in [-0.4, -0.2) is 25.3 Å². The van der Waals surface area contributed by atoms with Gasteiger partial charge in [0.05, 0.1) is 12.9 Å². The van der Waals surface area contributed by atoms with Crippen LogP contribution in [0.25, 0.3) is 0 Å². The molecule has 64 valence electrons. The van der Waals surface area contributed by atoms with Crippen molar-refractivity contribution >= 4 is 6.34 Å². The number of nitrogens with zero attached hydrogens (tertiary/aromatic N) is 2. The Morgan fingerprint density at radius 3 is 2.50 bits per heavy atom. The minimum atomic E-state index is 0.763. The molecule has 0 N–H and O–H groups in total. The van der Waals surface area contributed by atoms with Crippen molar-refractivity contribution in [1.82, 2.24) is 4.90 Å². The topological polar surface area (TPSA) is 15.6 Å². The third-order valence-electron chi connectivity index (χ3n) is 1.43. The van der Waals surface area contributed by atoms with Crippen LogP contribution in [0.15, 0.2) is 35.3 Å². The van der Waals surface area contributed by atoms with E-state index in [9.17, 15) is 0 Å². The van der Waals surface area contributed by atoms with Crippen LogP contribution in [0.5, 0.6) is 0 Å². The first-order valence-corrected chi connectivity index (χ1v) is 3.99. The highest BCUT2D eigenvalue weighted by Crippen LogP contribution is 1.99. The Morgan fingerprint density at radius 2 is 1.92 bits per heavy atom. The van der Waals surface area contributed by atoms with Gasteiger partial charge >= 0.3 is 0 Å². The Morgan fingerprint density at radius 1 is 1.25 bits per heavy atom. The van der Waals surface area contributed by atoms with E-state index in [4.69, 9.17) is 0 Å². The minimum Gasteiger partial charge on any atom is -0.369 e. The summed E-state index contributed by atoms with van der Waals surface area (Å²) in [6.07, 6.45) is 1.83. The van der Waals surface area contributed by atoms with Crippen molar-refractivity contribution in [3.05, 3.63) is 35.9 Å². The Labute approximate surface area is 73.5 Å². The molecule has 0 aliphatic heterocycles. The molecule has 0 heterocycles. The van der Waals surface area contributed by atoms with Gasteiger partial charge in [-0.15, -0.1) is 0 Å². The van der Waals surface area contributed by atoms with E-state index in [2.05, 4.69) is 17.1 Å². The van der Waals surface area contributed by atoms with E-state index in [1.165, 1.54) is 5.56 Å². The van der Waals surface area contributed by atoms with Gasteiger partial charge in [0.1, 0.15) is 0 Å². The zero-order valence-electron chi connectivity index (χ0n) is 7.57. The highest BCUT2D eigenvalue weighted by molar-refractivity contribution is 5.53. The second-order valence-corrected chi connectivity index (χ2v) is 2.91. The highest BCUT2D eigenvalue weighted by atomic mass is 15.1. The molecule has 0 radical (unpaired) electrons. The first-order chi connectivity index (χ1) is 5.79. The molecular formula is C10H14N2. The van der Waals surface area contributed by atoms with Gasteiger partial charge in [-0.3, -0.25) is 4.99 Å². The maximum Gasteiger partial charge on any atom is 0.0848 e. The fourth-order valence-electron chi connectivity index (χ4n) is 0.893. The lowest BCUT2D eigenvalue weighted by atomic mass is 10.2. The van der Waals surface area contributed by atoms with Gasteiger partial charge in [0.2, 0.25) is 0 Å².